The second-order valence-corrected chi connectivity index (χ2v) is 3.25. The molecule has 1 aromatic heterocycles. The molecule has 2 aromatic rings. The predicted molar refractivity (Wildman–Crippen MR) is 59.2 cm³/mol. The number of benzene rings is 1. The average molecular weight is 216 g/mol. The lowest BCUT2D eigenvalue weighted by atomic mass is 10.1. The number of aromatic amines is 1. The van der Waals surface area contributed by atoms with Gasteiger partial charge in [-0.25, -0.2) is 0 Å². The molecule has 0 aliphatic heterocycles. The van der Waals surface area contributed by atoms with E-state index in [9.17, 15) is 14.9 Å². The van der Waals surface area contributed by atoms with Gasteiger partial charge in [-0.2, -0.15) is 0 Å². The average Bonchev–Trinajstić information content (AvgIpc) is 2.29. The molecule has 5 heteroatoms. The van der Waals surface area contributed by atoms with Crippen molar-refractivity contribution >= 4 is 5.69 Å². The van der Waals surface area contributed by atoms with Crippen molar-refractivity contribution in [1.82, 2.24) is 4.98 Å². The molecule has 1 aromatic carbocycles. The van der Waals surface area contributed by atoms with E-state index in [1.807, 2.05) is 0 Å². The molecule has 5 nitrogen and oxygen atoms in total. The lowest BCUT2D eigenvalue weighted by molar-refractivity contribution is -0.384. The molecule has 1 N–H and O–H groups in total. The number of nitrogens with one attached hydrogen (secondary N) is 1. The molecular weight excluding hydrogens is 208 g/mol. The van der Waals surface area contributed by atoms with E-state index in [1.165, 1.54) is 18.2 Å². The fourth-order valence-electron chi connectivity index (χ4n) is 1.40. The van der Waals surface area contributed by atoms with Crippen molar-refractivity contribution in [3.05, 3.63) is 63.1 Å². The topological polar surface area (TPSA) is 76.0 Å². The number of H-pyrrole nitrogens is 1. The molecule has 0 atom stereocenters. The highest BCUT2D eigenvalue weighted by Crippen LogP contribution is 2.20. The van der Waals surface area contributed by atoms with E-state index in [0.717, 1.165) is 11.1 Å². The van der Waals surface area contributed by atoms with Crippen LogP contribution >= 0.6 is 0 Å². The van der Waals surface area contributed by atoms with E-state index in [-0.39, 0.29) is 11.2 Å². The Kier molecular flexibility index (Phi) is 2.51. The third-order valence-electron chi connectivity index (χ3n) is 2.19. The van der Waals surface area contributed by atoms with Crippen molar-refractivity contribution in [3.63, 3.8) is 0 Å². The van der Waals surface area contributed by atoms with Gasteiger partial charge in [-0.15, -0.1) is 0 Å². The van der Waals surface area contributed by atoms with Crippen LogP contribution in [0.4, 0.5) is 5.69 Å². The van der Waals surface area contributed by atoms with Gasteiger partial charge in [0.05, 0.1) is 4.92 Å². The van der Waals surface area contributed by atoms with Crippen molar-refractivity contribution < 1.29 is 4.92 Å². The molecule has 0 aliphatic carbocycles. The van der Waals surface area contributed by atoms with Crippen molar-refractivity contribution in [2.45, 2.75) is 0 Å². The monoisotopic (exact) mass is 216 g/mol. The fourth-order valence-corrected chi connectivity index (χ4v) is 1.40. The zero-order chi connectivity index (χ0) is 11.5. The van der Waals surface area contributed by atoms with Gasteiger partial charge in [0.2, 0.25) is 5.56 Å². The van der Waals surface area contributed by atoms with Crippen LogP contribution in [0.25, 0.3) is 11.1 Å². The Labute approximate surface area is 90.5 Å². The first-order valence-corrected chi connectivity index (χ1v) is 4.60. The Balaban J connectivity index is 2.42. The molecule has 1 heterocycles. The summed E-state index contributed by atoms with van der Waals surface area (Å²) in [6.07, 6.45) is 1.54. The van der Waals surface area contributed by atoms with Crippen LogP contribution in [0.2, 0.25) is 0 Å². The van der Waals surface area contributed by atoms with E-state index in [1.54, 1.807) is 24.4 Å². The van der Waals surface area contributed by atoms with Crippen LogP contribution in [0.3, 0.4) is 0 Å². The van der Waals surface area contributed by atoms with Crippen LogP contribution in [-0.2, 0) is 0 Å². The van der Waals surface area contributed by atoms with Gasteiger partial charge in [0, 0.05) is 24.4 Å². The molecule has 0 unspecified atom stereocenters. The minimum absolute atomic E-state index is 0.0357. The maximum absolute atomic E-state index is 11.1. The number of rotatable bonds is 2. The number of nitrogens with zero attached hydrogens (tertiary/aromatic N) is 1. The third kappa shape index (κ3) is 1.98. The van der Waals surface area contributed by atoms with Gasteiger partial charge in [-0.3, -0.25) is 14.9 Å². The van der Waals surface area contributed by atoms with Gasteiger partial charge in [-0.05, 0) is 29.3 Å². The minimum Gasteiger partial charge on any atom is -0.329 e. The number of pyridine rings is 1. The lowest BCUT2D eigenvalue weighted by Gasteiger charge is -1.99. The van der Waals surface area contributed by atoms with Gasteiger partial charge in [0.25, 0.3) is 5.69 Å². The highest BCUT2D eigenvalue weighted by molar-refractivity contribution is 5.63. The first kappa shape index (κ1) is 10.1. The van der Waals surface area contributed by atoms with Crippen molar-refractivity contribution in [2.24, 2.45) is 0 Å². The zero-order valence-electron chi connectivity index (χ0n) is 8.21. The van der Waals surface area contributed by atoms with Crippen LogP contribution in [0.1, 0.15) is 0 Å². The van der Waals surface area contributed by atoms with Crippen LogP contribution < -0.4 is 5.56 Å². The van der Waals surface area contributed by atoms with Gasteiger partial charge in [-0.1, -0.05) is 0 Å². The number of nitro groups is 1. The van der Waals surface area contributed by atoms with E-state index in [4.69, 9.17) is 0 Å². The summed E-state index contributed by atoms with van der Waals surface area (Å²) in [7, 11) is 0. The first-order valence-electron chi connectivity index (χ1n) is 4.60. The van der Waals surface area contributed by atoms with Gasteiger partial charge in [0.1, 0.15) is 0 Å². The summed E-state index contributed by atoms with van der Waals surface area (Å²) in [5.41, 5.74) is 1.35. The number of aromatic nitrogens is 1. The highest BCUT2D eigenvalue weighted by atomic mass is 16.6. The second-order valence-electron chi connectivity index (χ2n) is 3.25. The molecule has 0 saturated carbocycles. The molecule has 80 valence electrons. The Morgan fingerprint density at radius 1 is 1.06 bits per heavy atom. The van der Waals surface area contributed by atoms with E-state index in [0.29, 0.717) is 0 Å². The number of hydrogen-bond acceptors (Lipinski definition) is 3. The molecule has 0 radical (unpaired) electrons. The summed E-state index contributed by atoms with van der Waals surface area (Å²) in [5, 5.41) is 10.5. The van der Waals surface area contributed by atoms with Crippen LogP contribution in [0.15, 0.2) is 47.4 Å². The SMILES string of the molecule is O=c1cc(-c2ccc([N+](=O)[O-])cc2)cc[nH]1. The second kappa shape index (κ2) is 3.98. The van der Waals surface area contributed by atoms with E-state index in [2.05, 4.69) is 4.98 Å². The smallest absolute Gasteiger partial charge is 0.269 e. The first-order chi connectivity index (χ1) is 7.66. The van der Waals surface area contributed by atoms with Crippen LogP contribution in [0.5, 0.6) is 0 Å². The molecule has 0 bridgehead atoms. The molecule has 0 saturated heterocycles. The maximum Gasteiger partial charge on any atom is 0.269 e. The summed E-state index contributed by atoms with van der Waals surface area (Å²) >= 11 is 0. The molecule has 2 rings (SSSR count). The van der Waals surface area contributed by atoms with Gasteiger partial charge < -0.3 is 4.98 Å². The molecule has 0 fully saturated rings. The lowest BCUT2D eigenvalue weighted by Crippen LogP contribution is -2.01. The normalized spacial score (nSPS) is 10.0. The molecule has 0 aliphatic rings. The summed E-state index contributed by atoms with van der Waals surface area (Å²) < 4.78 is 0. The Morgan fingerprint density at radius 2 is 1.75 bits per heavy atom. The molecule has 0 spiro atoms. The van der Waals surface area contributed by atoms with Crippen molar-refractivity contribution in [1.29, 1.82) is 0 Å². The maximum atomic E-state index is 11.1. The molecule has 0 amide bonds. The Morgan fingerprint density at radius 3 is 2.31 bits per heavy atom. The van der Waals surface area contributed by atoms with Crippen LogP contribution in [0, 0.1) is 10.1 Å². The molecular formula is C11H8N2O3. The number of nitro benzene ring substituents is 1. The summed E-state index contributed by atoms with van der Waals surface area (Å²) in [5.74, 6) is 0. The third-order valence-corrected chi connectivity index (χ3v) is 2.19. The van der Waals surface area contributed by atoms with Gasteiger partial charge >= 0.3 is 0 Å². The highest BCUT2D eigenvalue weighted by Gasteiger charge is 2.04. The largest absolute Gasteiger partial charge is 0.329 e. The van der Waals surface area contributed by atoms with E-state index >= 15 is 0 Å². The Hall–Kier alpha value is -2.43. The summed E-state index contributed by atoms with van der Waals surface area (Å²) in [6.45, 7) is 0. The van der Waals surface area contributed by atoms with Crippen molar-refractivity contribution in [3.8, 4) is 11.1 Å². The standard InChI is InChI=1S/C11H8N2O3/c14-11-7-9(5-6-12-11)8-1-3-10(4-2-8)13(15)16/h1-7H,(H,12,14). The number of hydrogen-bond donors (Lipinski definition) is 1. The fraction of sp³-hybridized carbons (Fsp3) is 0. The zero-order valence-corrected chi connectivity index (χ0v) is 8.21. The Bertz CT molecular complexity index is 572. The number of non-ortho nitro benzene ring substituents is 1. The van der Waals surface area contributed by atoms with Crippen molar-refractivity contribution in [2.75, 3.05) is 0 Å². The van der Waals surface area contributed by atoms with Crippen LogP contribution in [-0.4, -0.2) is 9.91 Å². The summed E-state index contributed by atoms with van der Waals surface area (Å²) in [4.78, 5) is 23.6. The predicted octanol–water partition coefficient (Wildman–Crippen LogP) is 1.95. The minimum atomic E-state index is -0.457. The quantitative estimate of drug-likeness (QED) is 0.615. The molecule has 16 heavy (non-hydrogen) atoms. The van der Waals surface area contributed by atoms with Gasteiger partial charge in [0.15, 0.2) is 0 Å². The summed E-state index contributed by atoms with van der Waals surface area (Å²) in [6, 6.07) is 9.25. The van der Waals surface area contributed by atoms with E-state index < -0.39 is 4.92 Å².